The maximum absolute atomic E-state index is 9.82. The number of rotatable bonds is 2. The number of nitriles is 1. The van der Waals surface area contributed by atoms with Crippen molar-refractivity contribution in [3.05, 3.63) is 41.1 Å². The van der Waals surface area contributed by atoms with Gasteiger partial charge in [-0.25, -0.2) is 9.97 Å². The second-order valence-electron chi connectivity index (χ2n) is 7.13. The molecular weight excluding hydrogens is 386 g/mol. The Morgan fingerprint density at radius 2 is 2.07 bits per heavy atom. The highest BCUT2D eigenvalue weighted by Crippen LogP contribution is 2.44. The van der Waals surface area contributed by atoms with Gasteiger partial charge < -0.3 is 20.5 Å². The lowest BCUT2D eigenvalue weighted by atomic mass is 9.85. The molecule has 0 spiro atoms. The van der Waals surface area contributed by atoms with Crippen LogP contribution >= 0.6 is 11.3 Å². The largest absolute Gasteiger partial charge is 0.508 e. The minimum atomic E-state index is 0.225. The van der Waals surface area contributed by atoms with Crippen molar-refractivity contribution in [1.82, 2.24) is 9.97 Å². The van der Waals surface area contributed by atoms with Crippen molar-refractivity contribution in [2.45, 2.75) is 12.8 Å². The van der Waals surface area contributed by atoms with E-state index in [0.29, 0.717) is 18.8 Å². The van der Waals surface area contributed by atoms with E-state index in [4.69, 9.17) is 10.5 Å². The highest BCUT2D eigenvalue weighted by atomic mass is 32.1. The first-order chi connectivity index (χ1) is 14.2. The minimum Gasteiger partial charge on any atom is -0.508 e. The molecule has 5 rings (SSSR count). The molecule has 2 aliphatic rings. The van der Waals surface area contributed by atoms with Crippen LogP contribution in [-0.2, 0) is 17.6 Å². The molecular formula is C21H19N5O2S. The molecule has 29 heavy (non-hydrogen) atoms. The number of morpholine rings is 1. The maximum atomic E-state index is 9.82. The predicted molar refractivity (Wildman–Crippen MR) is 112 cm³/mol. The van der Waals surface area contributed by atoms with Crippen LogP contribution < -0.4 is 10.6 Å². The van der Waals surface area contributed by atoms with Crippen molar-refractivity contribution >= 4 is 22.3 Å². The standard InChI is InChI=1S/C21H19N5O2S/c22-10-16-18(17-11-24-21(29-17)26-5-7-28-8-6-26)15-3-1-12-9-13(27)2-4-14(12)19(15)25-20(16)23/h2,4,9,11,27H,1,3,5-8H2,(H2,23,25). The van der Waals surface area contributed by atoms with Gasteiger partial charge in [-0.2, -0.15) is 5.26 Å². The molecule has 7 nitrogen and oxygen atoms in total. The summed E-state index contributed by atoms with van der Waals surface area (Å²) < 4.78 is 5.43. The molecule has 3 aromatic rings. The SMILES string of the molecule is N#Cc1c(N)nc2c(c1-c1cnc(N3CCOCC3)s1)CCc1cc(O)ccc1-2. The third kappa shape index (κ3) is 2.99. The number of pyridine rings is 1. The van der Waals surface area contributed by atoms with Crippen LogP contribution in [-0.4, -0.2) is 41.4 Å². The van der Waals surface area contributed by atoms with E-state index in [1.54, 1.807) is 23.5 Å². The average molecular weight is 405 g/mol. The number of fused-ring (bicyclic) bond motifs is 3. The molecule has 3 N–H and O–H groups in total. The number of nitrogens with zero attached hydrogens (tertiary/aromatic N) is 4. The van der Waals surface area contributed by atoms with Gasteiger partial charge in [0.2, 0.25) is 0 Å². The van der Waals surface area contributed by atoms with Crippen molar-refractivity contribution in [3.8, 4) is 33.5 Å². The second-order valence-corrected chi connectivity index (χ2v) is 8.14. The number of aromatic hydroxyl groups is 1. The molecule has 8 heteroatoms. The summed E-state index contributed by atoms with van der Waals surface area (Å²) in [6.07, 6.45) is 3.33. The van der Waals surface area contributed by atoms with E-state index in [9.17, 15) is 10.4 Å². The van der Waals surface area contributed by atoms with Crippen LogP contribution in [0, 0.1) is 11.3 Å². The molecule has 1 saturated heterocycles. The molecule has 0 unspecified atom stereocenters. The third-order valence-corrected chi connectivity index (χ3v) is 6.52. The number of aryl methyl sites for hydroxylation is 1. The first-order valence-corrected chi connectivity index (χ1v) is 10.3. The molecule has 1 fully saturated rings. The van der Waals surface area contributed by atoms with Gasteiger partial charge in [0, 0.05) is 30.4 Å². The molecule has 1 aliphatic carbocycles. The van der Waals surface area contributed by atoms with Crippen LogP contribution in [0.25, 0.3) is 21.7 Å². The number of phenolic OH excluding ortho intramolecular Hbond substituents is 1. The zero-order valence-corrected chi connectivity index (χ0v) is 16.5. The highest BCUT2D eigenvalue weighted by Gasteiger charge is 2.27. The van der Waals surface area contributed by atoms with Gasteiger partial charge >= 0.3 is 0 Å². The number of ether oxygens (including phenoxy) is 1. The Hall–Kier alpha value is -3.15. The topological polar surface area (TPSA) is 108 Å². The number of hydrogen-bond acceptors (Lipinski definition) is 8. The number of phenols is 1. The Bertz CT molecular complexity index is 1140. The lowest BCUT2D eigenvalue weighted by Crippen LogP contribution is -2.36. The number of aromatic nitrogens is 2. The molecule has 1 aromatic carbocycles. The lowest BCUT2D eigenvalue weighted by Gasteiger charge is -2.26. The summed E-state index contributed by atoms with van der Waals surface area (Å²) in [5.74, 6) is 0.468. The first kappa shape index (κ1) is 17.9. The zero-order chi connectivity index (χ0) is 20.0. The van der Waals surface area contributed by atoms with Crippen molar-refractivity contribution in [1.29, 1.82) is 5.26 Å². The van der Waals surface area contributed by atoms with Gasteiger partial charge in [0.05, 0.1) is 23.8 Å². The van der Waals surface area contributed by atoms with Crippen LogP contribution in [0.1, 0.15) is 16.7 Å². The van der Waals surface area contributed by atoms with Crippen molar-refractivity contribution in [3.63, 3.8) is 0 Å². The van der Waals surface area contributed by atoms with E-state index in [2.05, 4.69) is 20.9 Å². The number of benzene rings is 1. The van der Waals surface area contributed by atoms with Gasteiger partial charge in [-0.3, -0.25) is 0 Å². The van der Waals surface area contributed by atoms with E-state index in [-0.39, 0.29) is 11.6 Å². The molecule has 0 bridgehead atoms. The Morgan fingerprint density at radius 1 is 1.24 bits per heavy atom. The Balaban J connectivity index is 1.67. The van der Waals surface area contributed by atoms with Crippen LogP contribution in [0.15, 0.2) is 24.4 Å². The number of anilines is 2. The van der Waals surface area contributed by atoms with E-state index >= 15 is 0 Å². The fourth-order valence-corrected chi connectivity index (χ4v) is 5.10. The van der Waals surface area contributed by atoms with Crippen LogP contribution in [0.5, 0.6) is 5.75 Å². The quantitative estimate of drug-likeness (QED) is 0.675. The summed E-state index contributed by atoms with van der Waals surface area (Å²) in [4.78, 5) is 12.3. The van der Waals surface area contributed by atoms with Gasteiger partial charge in [0.1, 0.15) is 23.2 Å². The van der Waals surface area contributed by atoms with E-state index in [1.165, 1.54) is 0 Å². The van der Waals surface area contributed by atoms with Gasteiger partial charge in [-0.05, 0) is 42.2 Å². The van der Waals surface area contributed by atoms with Crippen LogP contribution in [0.2, 0.25) is 0 Å². The predicted octanol–water partition coefficient (Wildman–Crippen LogP) is 2.97. The Kier molecular flexibility index (Phi) is 4.34. The lowest BCUT2D eigenvalue weighted by molar-refractivity contribution is 0.122. The highest BCUT2D eigenvalue weighted by molar-refractivity contribution is 7.19. The summed E-state index contributed by atoms with van der Waals surface area (Å²) in [6.45, 7) is 3.01. The fourth-order valence-electron chi connectivity index (χ4n) is 4.05. The monoisotopic (exact) mass is 405 g/mol. The average Bonchev–Trinajstić information content (AvgIpc) is 3.23. The molecule has 0 atom stereocenters. The van der Waals surface area contributed by atoms with Crippen molar-refractivity contribution < 1.29 is 9.84 Å². The summed E-state index contributed by atoms with van der Waals surface area (Å²) in [7, 11) is 0. The van der Waals surface area contributed by atoms with Gasteiger partial charge in [-0.15, -0.1) is 0 Å². The zero-order valence-electron chi connectivity index (χ0n) is 15.7. The first-order valence-electron chi connectivity index (χ1n) is 9.49. The van der Waals surface area contributed by atoms with E-state index in [0.717, 1.165) is 63.9 Å². The normalized spacial score (nSPS) is 15.5. The summed E-state index contributed by atoms with van der Waals surface area (Å²) >= 11 is 1.57. The Morgan fingerprint density at radius 3 is 2.86 bits per heavy atom. The Labute approximate surface area is 172 Å². The van der Waals surface area contributed by atoms with Crippen LogP contribution in [0.4, 0.5) is 10.9 Å². The molecule has 146 valence electrons. The molecule has 3 heterocycles. The van der Waals surface area contributed by atoms with E-state index in [1.807, 2.05) is 12.3 Å². The fraction of sp³-hybridized carbons (Fsp3) is 0.286. The van der Waals surface area contributed by atoms with Crippen molar-refractivity contribution in [2.75, 3.05) is 36.9 Å². The second kappa shape index (κ2) is 7.03. The van der Waals surface area contributed by atoms with Gasteiger partial charge in [0.25, 0.3) is 0 Å². The van der Waals surface area contributed by atoms with Gasteiger partial charge in [-0.1, -0.05) is 11.3 Å². The summed E-state index contributed by atoms with van der Waals surface area (Å²) in [5.41, 5.74) is 11.3. The van der Waals surface area contributed by atoms with Crippen LogP contribution in [0.3, 0.4) is 0 Å². The molecule has 1 aliphatic heterocycles. The number of hydrogen-bond donors (Lipinski definition) is 2. The third-order valence-electron chi connectivity index (χ3n) is 5.45. The maximum Gasteiger partial charge on any atom is 0.186 e. The molecule has 0 amide bonds. The number of nitrogen functional groups attached to an aromatic ring is 1. The van der Waals surface area contributed by atoms with E-state index < -0.39 is 0 Å². The van der Waals surface area contributed by atoms with Crippen molar-refractivity contribution in [2.24, 2.45) is 0 Å². The summed E-state index contributed by atoms with van der Waals surface area (Å²) in [6, 6.07) is 7.56. The van der Waals surface area contributed by atoms with Gasteiger partial charge in [0.15, 0.2) is 5.13 Å². The smallest absolute Gasteiger partial charge is 0.186 e. The molecule has 0 radical (unpaired) electrons. The number of thiazole rings is 1. The number of nitrogens with two attached hydrogens (primary N) is 1. The summed E-state index contributed by atoms with van der Waals surface area (Å²) in [5, 5.41) is 20.6. The minimum absolute atomic E-state index is 0.225. The molecule has 2 aromatic heterocycles. The molecule has 0 saturated carbocycles.